The molecule has 0 aromatic heterocycles. The van der Waals surface area contributed by atoms with Gasteiger partial charge in [-0.2, -0.15) is 0 Å². The van der Waals surface area contributed by atoms with Crippen LogP contribution in [0.3, 0.4) is 0 Å². The minimum atomic E-state index is -0.893. The van der Waals surface area contributed by atoms with Crippen molar-refractivity contribution < 1.29 is 19.0 Å². The van der Waals surface area contributed by atoms with E-state index in [2.05, 4.69) is 18.7 Å². The molecule has 1 N–H and O–H groups in total. The first-order valence-corrected chi connectivity index (χ1v) is 12.9. The number of hydrogen-bond donors (Lipinski definition) is 1. The van der Waals surface area contributed by atoms with Crippen molar-refractivity contribution >= 4 is 6.09 Å². The lowest BCUT2D eigenvalue weighted by Gasteiger charge is -2.51. The van der Waals surface area contributed by atoms with Gasteiger partial charge >= 0.3 is 6.09 Å². The average Bonchev–Trinajstić information content (AvgIpc) is 3.04. The molecule has 2 aromatic carbocycles. The molecule has 0 spiro atoms. The summed E-state index contributed by atoms with van der Waals surface area (Å²) in [6.07, 6.45) is 1.98. The topological polar surface area (TPSA) is 53.0 Å². The number of nitrogens with zero attached hydrogens (tertiary/aromatic N) is 2. The van der Waals surface area contributed by atoms with Gasteiger partial charge in [0, 0.05) is 12.1 Å². The van der Waals surface area contributed by atoms with E-state index in [0.717, 1.165) is 66.9 Å². The summed E-state index contributed by atoms with van der Waals surface area (Å²) in [5, 5.41) is 10.4. The third-order valence-electron chi connectivity index (χ3n) is 8.24. The summed E-state index contributed by atoms with van der Waals surface area (Å²) in [5.74, 6) is 0.887. The number of halogens is 1. The maximum atomic E-state index is 15.6. The molecule has 6 rings (SSSR count). The lowest BCUT2D eigenvalue weighted by atomic mass is 9.79. The van der Waals surface area contributed by atoms with Gasteiger partial charge < -0.3 is 14.7 Å². The molecule has 1 amide bonds. The van der Waals surface area contributed by atoms with Crippen molar-refractivity contribution in [3.63, 3.8) is 0 Å². The van der Waals surface area contributed by atoms with Gasteiger partial charge in [-0.25, -0.2) is 9.18 Å². The zero-order valence-electron chi connectivity index (χ0n) is 21.5. The summed E-state index contributed by atoms with van der Waals surface area (Å²) in [6.45, 7) is 13.1. The van der Waals surface area contributed by atoms with Crippen molar-refractivity contribution in [2.45, 2.75) is 72.1 Å². The molecular formula is C29H37FN2O3. The Morgan fingerprint density at radius 3 is 2.49 bits per heavy atom. The number of piperidine rings is 3. The van der Waals surface area contributed by atoms with Gasteiger partial charge in [0.15, 0.2) is 0 Å². The number of aryl methyl sites for hydroxylation is 1. The van der Waals surface area contributed by atoms with E-state index < -0.39 is 6.09 Å². The second kappa shape index (κ2) is 8.81. The second-order valence-electron chi connectivity index (χ2n) is 11.6. The normalized spacial score (nSPS) is 26.6. The van der Waals surface area contributed by atoms with Crippen LogP contribution < -0.4 is 4.74 Å². The highest BCUT2D eigenvalue weighted by molar-refractivity contribution is 5.70. The number of carbonyl (C=O) groups is 1. The third kappa shape index (κ3) is 4.31. The van der Waals surface area contributed by atoms with Crippen LogP contribution in [-0.4, -0.2) is 52.8 Å². The predicted molar refractivity (Wildman–Crippen MR) is 135 cm³/mol. The van der Waals surface area contributed by atoms with Gasteiger partial charge in [-0.1, -0.05) is 19.9 Å². The van der Waals surface area contributed by atoms with Crippen LogP contribution in [0.2, 0.25) is 0 Å². The monoisotopic (exact) mass is 480 g/mol. The molecule has 0 unspecified atom stereocenters. The highest BCUT2D eigenvalue weighted by Gasteiger charge is 2.50. The lowest BCUT2D eigenvalue weighted by Crippen LogP contribution is -2.60. The smallest absolute Gasteiger partial charge is 0.408 e. The summed E-state index contributed by atoms with van der Waals surface area (Å²) in [6, 6.07) is 8.94. The third-order valence-corrected chi connectivity index (χ3v) is 8.24. The fraction of sp³-hybridized carbons (Fsp3) is 0.552. The molecule has 2 atom stereocenters. The molecule has 3 fully saturated rings. The number of benzene rings is 2. The van der Waals surface area contributed by atoms with E-state index in [1.807, 2.05) is 45.0 Å². The van der Waals surface area contributed by atoms with Crippen molar-refractivity contribution in [2.24, 2.45) is 11.3 Å². The minimum absolute atomic E-state index is 0.0379. The van der Waals surface area contributed by atoms with E-state index in [9.17, 15) is 9.90 Å². The van der Waals surface area contributed by atoms with Gasteiger partial charge in [-0.05, 0) is 111 Å². The van der Waals surface area contributed by atoms with Gasteiger partial charge in [0.1, 0.15) is 11.6 Å². The Hall–Kier alpha value is -2.60. The maximum Gasteiger partial charge on any atom is 0.408 e. The molecule has 5 nitrogen and oxygen atoms in total. The highest BCUT2D eigenvalue weighted by atomic mass is 19.1. The largest absolute Gasteiger partial charge is 0.491 e. The van der Waals surface area contributed by atoms with Crippen LogP contribution >= 0.6 is 0 Å². The number of amides is 1. The zero-order chi connectivity index (χ0) is 25.1. The van der Waals surface area contributed by atoms with Gasteiger partial charge in [-0.15, -0.1) is 0 Å². The van der Waals surface area contributed by atoms with Crippen LogP contribution in [0.4, 0.5) is 9.18 Å². The predicted octanol–water partition coefficient (Wildman–Crippen LogP) is 6.29. The molecule has 35 heavy (non-hydrogen) atoms. The van der Waals surface area contributed by atoms with E-state index in [1.54, 1.807) is 11.0 Å². The zero-order valence-corrected chi connectivity index (χ0v) is 21.5. The first-order chi connectivity index (χ1) is 16.5. The molecule has 3 heterocycles. The second-order valence-corrected chi connectivity index (χ2v) is 11.6. The van der Waals surface area contributed by atoms with Crippen molar-refractivity contribution in [3.8, 4) is 16.9 Å². The molecule has 4 aliphatic rings. The molecule has 2 bridgehead atoms. The summed E-state index contributed by atoms with van der Waals surface area (Å²) < 4.78 is 21.5. The summed E-state index contributed by atoms with van der Waals surface area (Å²) in [5.41, 5.74) is 3.89. The van der Waals surface area contributed by atoms with Crippen LogP contribution in [0, 0.1) is 24.1 Å². The molecular weight excluding hydrogens is 443 g/mol. The molecule has 3 aliphatic heterocycles. The van der Waals surface area contributed by atoms with Gasteiger partial charge in [0.2, 0.25) is 0 Å². The highest BCUT2D eigenvalue weighted by Crippen LogP contribution is 2.52. The van der Waals surface area contributed by atoms with Gasteiger partial charge in [-0.3, -0.25) is 4.90 Å². The Morgan fingerprint density at radius 1 is 1.20 bits per heavy atom. The number of ether oxygens (including phenoxy) is 1. The summed E-state index contributed by atoms with van der Waals surface area (Å²) in [7, 11) is 0. The molecule has 1 aliphatic carbocycles. The Balaban J connectivity index is 1.52. The molecule has 6 heteroatoms. The Kier molecular flexibility index (Phi) is 6.07. The van der Waals surface area contributed by atoms with Crippen molar-refractivity contribution in [2.75, 3.05) is 19.6 Å². The Morgan fingerprint density at radius 2 is 1.91 bits per heavy atom. The van der Waals surface area contributed by atoms with Crippen molar-refractivity contribution in [1.29, 1.82) is 0 Å². The minimum Gasteiger partial charge on any atom is -0.491 e. The fourth-order valence-corrected chi connectivity index (χ4v) is 6.69. The molecule has 188 valence electrons. The van der Waals surface area contributed by atoms with E-state index in [4.69, 9.17) is 4.74 Å². The lowest BCUT2D eigenvalue weighted by molar-refractivity contribution is -0.0267. The van der Waals surface area contributed by atoms with Gasteiger partial charge in [0.05, 0.1) is 18.2 Å². The number of rotatable bonds is 5. The first-order valence-electron chi connectivity index (χ1n) is 12.9. The molecule has 0 radical (unpaired) electrons. The number of carboxylic acid groups (broad SMARTS) is 1. The van der Waals surface area contributed by atoms with E-state index in [-0.39, 0.29) is 29.4 Å². The Labute approximate surface area is 207 Å². The fourth-order valence-electron chi connectivity index (χ4n) is 6.69. The van der Waals surface area contributed by atoms with Crippen LogP contribution in [0.5, 0.6) is 5.75 Å². The molecule has 0 saturated carbocycles. The summed E-state index contributed by atoms with van der Waals surface area (Å²) >= 11 is 0. The van der Waals surface area contributed by atoms with Crippen LogP contribution in [0.25, 0.3) is 11.1 Å². The number of hydrogen-bond acceptors (Lipinski definition) is 3. The Bertz CT molecular complexity index is 1140. The number of fused-ring (bicyclic) bond motifs is 4. The molecule has 3 saturated heterocycles. The standard InChI is InChI=1S/C29H37FN2O3/c1-17(2)35-26-7-6-20(12-18(26)3)22-13-21-15-29(4,5)27(23(21)14-24(22)30)32(28(33)34)25-16-31-10-8-19(25)9-11-31/h6-7,12-14,17,19,25,27H,8-11,15-16H2,1-5H3,(H,33,34)/t25-,27+/m1/s1. The van der Waals surface area contributed by atoms with E-state index in [0.29, 0.717) is 11.5 Å². The average molecular weight is 481 g/mol. The van der Waals surface area contributed by atoms with Crippen LogP contribution in [0.15, 0.2) is 30.3 Å². The quantitative estimate of drug-likeness (QED) is 0.547. The van der Waals surface area contributed by atoms with Crippen molar-refractivity contribution in [3.05, 3.63) is 52.8 Å². The first kappa shape index (κ1) is 24.1. The van der Waals surface area contributed by atoms with Crippen LogP contribution in [0.1, 0.15) is 63.3 Å². The van der Waals surface area contributed by atoms with Crippen molar-refractivity contribution in [1.82, 2.24) is 9.80 Å². The van der Waals surface area contributed by atoms with E-state index >= 15 is 4.39 Å². The summed E-state index contributed by atoms with van der Waals surface area (Å²) in [4.78, 5) is 16.7. The maximum absolute atomic E-state index is 15.6. The SMILES string of the molecule is Cc1cc(-c2cc3c(cc2F)[C@H](N(C(=O)O)[C@@H]2CN4CCC2CC4)C(C)(C)C3)ccc1OC(C)C. The van der Waals surface area contributed by atoms with E-state index in [1.165, 1.54) is 0 Å². The van der Waals surface area contributed by atoms with Crippen LogP contribution in [-0.2, 0) is 6.42 Å². The van der Waals surface area contributed by atoms with Gasteiger partial charge in [0.25, 0.3) is 0 Å². The molecule has 2 aromatic rings.